The van der Waals surface area contributed by atoms with E-state index in [1.165, 1.54) is 0 Å². The van der Waals surface area contributed by atoms with Gasteiger partial charge in [0.2, 0.25) is 5.91 Å². The van der Waals surface area contributed by atoms with Crippen LogP contribution in [0.1, 0.15) is 27.9 Å². The van der Waals surface area contributed by atoms with Gasteiger partial charge in [0.25, 0.3) is 0 Å². The lowest BCUT2D eigenvalue weighted by Crippen LogP contribution is -2.46. The minimum atomic E-state index is -2.95. The van der Waals surface area contributed by atoms with Gasteiger partial charge >= 0.3 is 0 Å². The van der Waals surface area contributed by atoms with Crippen LogP contribution in [0.15, 0.2) is 18.2 Å². The van der Waals surface area contributed by atoms with Crippen LogP contribution in [0.5, 0.6) is 0 Å². The molecule has 0 aromatic heterocycles. The molecule has 7 nitrogen and oxygen atoms in total. The summed E-state index contributed by atoms with van der Waals surface area (Å²) in [6, 6.07) is 5.37. The van der Waals surface area contributed by atoms with Crippen molar-refractivity contribution in [3.8, 4) is 0 Å². The third kappa shape index (κ3) is 4.49. The molecule has 1 aromatic carbocycles. The molecule has 1 amide bonds. The van der Waals surface area contributed by atoms with Gasteiger partial charge in [0.1, 0.15) is 6.61 Å². The average Bonchev–Trinajstić information content (AvgIpc) is 2.84. The number of amides is 1. The number of benzene rings is 1. The Morgan fingerprint density at radius 2 is 1.81 bits per heavy atom. The number of nitrogens with zero attached hydrogens (tertiary/aromatic N) is 2. The number of fused-ring (bicyclic) bond motifs is 1. The molecule has 8 heteroatoms. The molecule has 0 saturated carbocycles. The Morgan fingerprint density at radius 3 is 2.50 bits per heavy atom. The van der Waals surface area contributed by atoms with Gasteiger partial charge in [-0.3, -0.25) is 14.5 Å². The lowest BCUT2D eigenvalue weighted by molar-refractivity contribution is -0.133. The van der Waals surface area contributed by atoms with Crippen molar-refractivity contribution >= 4 is 21.5 Å². The van der Waals surface area contributed by atoms with Crippen molar-refractivity contribution < 1.29 is 23.1 Å². The molecule has 0 spiro atoms. The lowest BCUT2D eigenvalue weighted by atomic mass is 9.99. The number of aryl methyl sites for hydroxylation is 1. The summed E-state index contributed by atoms with van der Waals surface area (Å²) in [7, 11) is -2.95. The van der Waals surface area contributed by atoms with Crippen LogP contribution in [-0.2, 0) is 27.6 Å². The lowest BCUT2D eigenvalue weighted by Gasteiger charge is -2.29. The van der Waals surface area contributed by atoms with Gasteiger partial charge < -0.3 is 10.0 Å². The molecule has 0 bridgehead atoms. The molecule has 142 valence electrons. The first-order valence-electron chi connectivity index (χ1n) is 8.84. The van der Waals surface area contributed by atoms with Crippen LogP contribution >= 0.6 is 0 Å². The Labute approximate surface area is 153 Å². The number of rotatable bonds is 4. The summed E-state index contributed by atoms with van der Waals surface area (Å²) in [6.07, 6.45) is 1.59. The monoisotopic (exact) mass is 380 g/mol. The summed E-state index contributed by atoms with van der Waals surface area (Å²) in [6.45, 7) is 1.69. The highest BCUT2D eigenvalue weighted by Gasteiger charge is 2.26. The molecule has 0 radical (unpaired) electrons. The van der Waals surface area contributed by atoms with E-state index in [2.05, 4.69) is 0 Å². The molecule has 0 unspecified atom stereocenters. The Kier molecular flexibility index (Phi) is 5.74. The number of carbonyl (C=O) groups excluding carboxylic acids is 2. The zero-order valence-corrected chi connectivity index (χ0v) is 15.5. The number of hydrogen-bond donors (Lipinski definition) is 1. The van der Waals surface area contributed by atoms with Crippen molar-refractivity contribution in [2.75, 3.05) is 44.3 Å². The Hall–Kier alpha value is -1.77. The van der Waals surface area contributed by atoms with E-state index in [1.54, 1.807) is 6.07 Å². The van der Waals surface area contributed by atoms with Crippen LogP contribution in [0.3, 0.4) is 0 Å². The van der Waals surface area contributed by atoms with Crippen LogP contribution in [0.4, 0.5) is 0 Å². The third-order valence-corrected chi connectivity index (χ3v) is 6.66. The zero-order chi connectivity index (χ0) is 18.7. The highest BCUT2D eigenvalue weighted by atomic mass is 32.2. The minimum Gasteiger partial charge on any atom is -0.388 e. The van der Waals surface area contributed by atoms with Crippen molar-refractivity contribution in [2.24, 2.45) is 0 Å². The quantitative estimate of drug-likeness (QED) is 0.731. The molecule has 0 atom stereocenters. The number of sulfone groups is 1. The van der Waals surface area contributed by atoms with E-state index in [-0.39, 0.29) is 29.7 Å². The maximum atomic E-state index is 12.7. The molecule has 2 aliphatic rings. The first-order chi connectivity index (χ1) is 12.4. The largest absolute Gasteiger partial charge is 0.388 e. The SMILES string of the molecule is O=C(CO)c1ccc2c(c1)CCCN(C(=O)CN1CCS(=O)(=O)CC1)C2. The zero-order valence-electron chi connectivity index (χ0n) is 14.7. The van der Waals surface area contributed by atoms with E-state index >= 15 is 0 Å². The van der Waals surface area contributed by atoms with E-state index in [0.717, 1.165) is 24.0 Å². The fourth-order valence-corrected chi connectivity index (χ4v) is 4.71. The average molecular weight is 380 g/mol. The number of carbonyl (C=O) groups is 2. The fraction of sp³-hybridized carbons (Fsp3) is 0.556. The molecule has 2 heterocycles. The van der Waals surface area contributed by atoms with Gasteiger partial charge in [0, 0.05) is 31.7 Å². The second kappa shape index (κ2) is 7.85. The summed E-state index contributed by atoms with van der Waals surface area (Å²) in [5.41, 5.74) is 2.57. The normalized spacial score (nSPS) is 20.3. The maximum Gasteiger partial charge on any atom is 0.237 e. The number of Topliss-reactive ketones (excluding diaryl/α,β-unsaturated/α-hetero) is 1. The van der Waals surface area contributed by atoms with Gasteiger partial charge in [0.05, 0.1) is 18.1 Å². The first-order valence-corrected chi connectivity index (χ1v) is 10.7. The second-order valence-corrected chi connectivity index (χ2v) is 9.22. The van der Waals surface area contributed by atoms with E-state index < -0.39 is 16.4 Å². The summed E-state index contributed by atoms with van der Waals surface area (Å²) < 4.78 is 23.0. The molecule has 3 rings (SSSR count). The predicted molar refractivity (Wildman–Crippen MR) is 96.7 cm³/mol. The van der Waals surface area contributed by atoms with E-state index in [9.17, 15) is 18.0 Å². The molecular weight excluding hydrogens is 356 g/mol. The molecule has 0 aliphatic carbocycles. The number of ketones is 1. The summed E-state index contributed by atoms with van der Waals surface area (Å²) in [4.78, 5) is 28.0. The van der Waals surface area contributed by atoms with Gasteiger partial charge in [-0.2, -0.15) is 0 Å². The smallest absolute Gasteiger partial charge is 0.237 e. The van der Waals surface area contributed by atoms with Crippen molar-refractivity contribution in [1.82, 2.24) is 9.80 Å². The Bertz CT molecular complexity index is 792. The van der Waals surface area contributed by atoms with Gasteiger partial charge in [-0.05, 0) is 30.0 Å². The molecule has 1 N–H and O–H groups in total. The van der Waals surface area contributed by atoms with Crippen LogP contribution in [0.2, 0.25) is 0 Å². The summed E-state index contributed by atoms with van der Waals surface area (Å²) in [5.74, 6) is -0.0621. The first kappa shape index (κ1) is 19.0. The molecule has 1 aromatic rings. The topological polar surface area (TPSA) is 95.0 Å². The van der Waals surface area contributed by atoms with E-state index in [4.69, 9.17) is 5.11 Å². The van der Waals surface area contributed by atoms with E-state index in [1.807, 2.05) is 21.9 Å². The summed E-state index contributed by atoms with van der Waals surface area (Å²) >= 11 is 0. The molecule has 26 heavy (non-hydrogen) atoms. The predicted octanol–water partition coefficient (Wildman–Crippen LogP) is -0.133. The molecule has 1 saturated heterocycles. The van der Waals surface area contributed by atoms with Crippen molar-refractivity contribution in [3.05, 3.63) is 34.9 Å². The molecule has 1 fully saturated rings. The third-order valence-electron chi connectivity index (χ3n) is 5.06. The van der Waals surface area contributed by atoms with Gasteiger partial charge in [-0.15, -0.1) is 0 Å². The Morgan fingerprint density at radius 1 is 1.08 bits per heavy atom. The van der Waals surface area contributed by atoms with Crippen molar-refractivity contribution in [3.63, 3.8) is 0 Å². The van der Waals surface area contributed by atoms with E-state index in [0.29, 0.717) is 31.7 Å². The number of aliphatic hydroxyl groups excluding tert-OH is 1. The van der Waals surface area contributed by atoms with Gasteiger partial charge in [0.15, 0.2) is 15.6 Å². The van der Waals surface area contributed by atoms with Gasteiger partial charge in [-0.1, -0.05) is 12.1 Å². The van der Waals surface area contributed by atoms with Crippen LogP contribution in [-0.4, -0.2) is 79.3 Å². The highest BCUT2D eigenvalue weighted by Crippen LogP contribution is 2.21. The maximum absolute atomic E-state index is 12.7. The van der Waals surface area contributed by atoms with Crippen LogP contribution in [0.25, 0.3) is 0 Å². The Balaban J connectivity index is 1.65. The standard InChI is InChI=1S/C18H24N2O5S/c21-13-17(22)15-3-4-16-11-20(5-1-2-14(16)10-15)18(23)12-19-6-8-26(24,25)9-7-19/h3-4,10,21H,1-2,5-9,11-13H2. The number of hydrogen-bond acceptors (Lipinski definition) is 6. The molecule has 2 aliphatic heterocycles. The molecular formula is C18H24N2O5S. The van der Waals surface area contributed by atoms with Crippen molar-refractivity contribution in [1.29, 1.82) is 0 Å². The van der Waals surface area contributed by atoms with Gasteiger partial charge in [-0.25, -0.2) is 8.42 Å². The summed E-state index contributed by atoms with van der Waals surface area (Å²) in [5, 5.41) is 9.01. The van der Waals surface area contributed by atoms with Crippen LogP contribution < -0.4 is 0 Å². The fourth-order valence-electron chi connectivity index (χ4n) is 3.44. The van der Waals surface area contributed by atoms with Crippen LogP contribution in [0, 0.1) is 0 Å². The highest BCUT2D eigenvalue weighted by molar-refractivity contribution is 7.91. The second-order valence-electron chi connectivity index (χ2n) is 6.91. The minimum absolute atomic E-state index is 0.00709. The number of aliphatic hydroxyl groups is 1. The van der Waals surface area contributed by atoms with Crippen molar-refractivity contribution in [2.45, 2.75) is 19.4 Å².